The van der Waals surface area contributed by atoms with Gasteiger partial charge in [-0.05, 0) is 32.4 Å². The SMILES string of the molecule is Cc1ccn(C[C@H](C)C(=O)N2CCc3nc([C@H]4CCCN4)ncc3C2)n1. The molecule has 7 heteroatoms. The van der Waals surface area contributed by atoms with Crippen LogP contribution < -0.4 is 5.32 Å². The van der Waals surface area contributed by atoms with Crippen LogP contribution in [0.3, 0.4) is 0 Å². The van der Waals surface area contributed by atoms with Crippen molar-refractivity contribution in [2.45, 2.75) is 52.2 Å². The Kier molecular flexibility index (Phi) is 4.72. The van der Waals surface area contributed by atoms with Crippen molar-refractivity contribution in [3.05, 3.63) is 41.2 Å². The van der Waals surface area contributed by atoms with Crippen molar-refractivity contribution in [3.8, 4) is 0 Å². The topological polar surface area (TPSA) is 75.9 Å². The van der Waals surface area contributed by atoms with E-state index >= 15 is 0 Å². The highest BCUT2D eigenvalue weighted by atomic mass is 16.2. The lowest BCUT2D eigenvalue weighted by atomic mass is 10.0. The summed E-state index contributed by atoms with van der Waals surface area (Å²) < 4.78 is 1.85. The maximum absolute atomic E-state index is 12.8. The average Bonchev–Trinajstić information content (AvgIpc) is 3.32. The first kappa shape index (κ1) is 17.1. The van der Waals surface area contributed by atoms with Gasteiger partial charge in [0.05, 0.1) is 29.9 Å². The second kappa shape index (κ2) is 7.15. The summed E-state index contributed by atoms with van der Waals surface area (Å²) in [5.74, 6) is 0.979. The summed E-state index contributed by atoms with van der Waals surface area (Å²) in [5.41, 5.74) is 3.15. The number of fused-ring (bicyclic) bond motifs is 1. The van der Waals surface area contributed by atoms with Gasteiger partial charge in [0.15, 0.2) is 0 Å². The Morgan fingerprint density at radius 2 is 2.35 bits per heavy atom. The van der Waals surface area contributed by atoms with Crippen LogP contribution in [0.2, 0.25) is 0 Å². The lowest BCUT2D eigenvalue weighted by molar-refractivity contribution is -0.136. The zero-order valence-electron chi connectivity index (χ0n) is 15.5. The second-order valence-electron chi connectivity index (χ2n) is 7.44. The van der Waals surface area contributed by atoms with Crippen molar-refractivity contribution >= 4 is 5.91 Å². The molecule has 0 spiro atoms. The molecule has 1 N–H and O–H groups in total. The molecule has 0 radical (unpaired) electrons. The molecule has 2 aromatic heterocycles. The summed E-state index contributed by atoms with van der Waals surface area (Å²) in [6.45, 7) is 6.91. The third-order valence-corrected chi connectivity index (χ3v) is 5.29. The Morgan fingerprint density at radius 3 is 3.08 bits per heavy atom. The molecule has 1 amide bonds. The number of aryl methyl sites for hydroxylation is 1. The smallest absolute Gasteiger partial charge is 0.227 e. The normalized spacial score (nSPS) is 20.8. The van der Waals surface area contributed by atoms with Gasteiger partial charge in [0.2, 0.25) is 5.91 Å². The predicted octanol–water partition coefficient (Wildman–Crippen LogP) is 1.63. The first-order valence-corrected chi connectivity index (χ1v) is 9.47. The minimum Gasteiger partial charge on any atom is -0.338 e. The van der Waals surface area contributed by atoms with Crippen LogP contribution in [0, 0.1) is 12.8 Å². The predicted molar refractivity (Wildman–Crippen MR) is 97.3 cm³/mol. The molecule has 4 rings (SSSR count). The Bertz CT molecular complexity index is 795. The fourth-order valence-electron chi connectivity index (χ4n) is 3.83. The van der Waals surface area contributed by atoms with Gasteiger partial charge >= 0.3 is 0 Å². The van der Waals surface area contributed by atoms with Gasteiger partial charge in [-0.15, -0.1) is 0 Å². The van der Waals surface area contributed by atoms with Crippen molar-refractivity contribution in [3.63, 3.8) is 0 Å². The Labute approximate surface area is 153 Å². The van der Waals surface area contributed by atoms with Crippen LogP contribution in [0.1, 0.15) is 48.6 Å². The van der Waals surface area contributed by atoms with Crippen molar-refractivity contribution < 1.29 is 4.79 Å². The van der Waals surface area contributed by atoms with Crippen molar-refractivity contribution in [2.75, 3.05) is 13.1 Å². The first-order chi connectivity index (χ1) is 12.6. The highest BCUT2D eigenvalue weighted by molar-refractivity contribution is 5.78. The van der Waals surface area contributed by atoms with Crippen LogP contribution >= 0.6 is 0 Å². The van der Waals surface area contributed by atoms with E-state index in [0.717, 1.165) is 48.7 Å². The number of hydrogen-bond acceptors (Lipinski definition) is 5. The summed E-state index contributed by atoms with van der Waals surface area (Å²) in [6.07, 6.45) is 6.93. The van der Waals surface area contributed by atoms with Crippen LogP contribution in [0.25, 0.3) is 0 Å². The maximum Gasteiger partial charge on any atom is 0.227 e. The number of hydrogen-bond donors (Lipinski definition) is 1. The standard InChI is InChI=1S/C19H26N6O/c1-13(11-25-9-5-14(2)23-25)19(26)24-8-6-16-15(12-24)10-21-18(22-16)17-4-3-7-20-17/h5,9-10,13,17,20H,3-4,6-8,11-12H2,1-2H3/t13-,17+/m0/s1. The van der Waals surface area contributed by atoms with Crippen molar-refractivity contribution in [2.24, 2.45) is 5.92 Å². The molecule has 0 unspecified atom stereocenters. The van der Waals surface area contributed by atoms with Gasteiger partial charge in [0.25, 0.3) is 0 Å². The van der Waals surface area contributed by atoms with Crippen molar-refractivity contribution in [1.82, 2.24) is 30.0 Å². The number of rotatable bonds is 4. The average molecular weight is 354 g/mol. The molecule has 1 saturated heterocycles. The zero-order valence-corrected chi connectivity index (χ0v) is 15.5. The minimum absolute atomic E-state index is 0.0984. The Balaban J connectivity index is 1.41. The van der Waals surface area contributed by atoms with Crippen LogP contribution in [0.4, 0.5) is 0 Å². The van der Waals surface area contributed by atoms with E-state index in [1.807, 2.05) is 41.9 Å². The van der Waals surface area contributed by atoms with Crippen LogP contribution in [0.5, 0.6) is 0 Å². The highest BCUT2D eigenvalue weighted by Crippen LogP contribution is 2.23. The van der Waals surface area contributed by atoms with E-state index < -0.39 is 0 Å². The van der Waals surface area contributed by atoms with Crippen molar-refractivity contribution in [1.29, 1.82) is 0 Å². The lowest BCUT2D eigenvalue weighted by Crippen LogP contribution is -2.40. The third kappa shape index (κ3) is 3.49. The molecule has 2 aliphatic rings. The van der Waals surface area contributed by atoms with E-state index in [1.54, 1.807) is 0 Å². The van der Waals surface area contributed by atoms with Gasteiger partial charge in [-0.1, -0.05) is 6.92 Å². The van der Waals surface area contributed by atoms with Crippen LogP contribution in [-0.4, -0.2) is 43.6 Å². The van der Waals surface area contributed by atoms with E-state index in [-0.39, 0.29) is 17.9 Å². The van der Waals surface area contributed by atoms with Gasteiger partial charge in [-0.2, -0.15) is 5.10 Å². The number of aromatic nitrogens is 4. The third-order valence-electron chi connectivity index (χ3n) is 5.29. The Morgan fingerprint density at radius 1 is 1.46 bits per heavy atom. The highest BCUT2D eigenvalue weighted by Gasteiger charge is 2.27. The zero-order chi connectivity index (χ0) is 18.1. The number of carbonyl (C=O) groups is 1. The fraction of sp³-hybridized carbons (Fsp3) is 0.579. The number of carbonyl (C=O) groups excluding carboxylic acids is 1. The lowest BCUT2D eigenvalue weighted by Gasteiger charge is -2.30. The van der Waals surface area contributed by atoms with Gasteiger partial charge in [-0.3, -0.25) is 9.48 Å². The van der Waals surface area contributed by atoms with Gasteiger partial charge in [0, 0.05) is 37.5 Å². The number of nitrogens with zero attached hydrogens (tertiary/aromatic N) is 5. The second-order valence-corrected chi connectivity index (χ2v) is 7.44. The molecule has 2 aliphatic heterocycles. The molecule has 0 aliphatic carbocycles. The molecule has 1 fully saturated rings. The Hall–Kier alpha value is -2.28. The van der Waals surface area contributed by atoms with E-state index in [2.05, 4.69) is 15.4 Å². The molecular formula is C19H26N6O. The first-order valence-electron chi connectivity index (χ1n) is 9.47. The summed E-state index contributed by atoms with van der Waals surface area (Å²) in [6, 6.07) is 2.25. The summed E-state index contributed by atoms with van der Waals surface area (Å²) >= 11 is 0. The molecule has 4 heterocycles. The van der Waals surface area contributed by atoms with Gasteiger partial charge < -0.3 is 10.2 Å². The molecule has 7 nitrogen and oxygen atoms in total. The molecule has 0 saturated carbocycles. The molecule has 2 atom stereocenters. The molecule has 0 bridgehead atoms. The van der Waals surface area contributed by atoms with E-state index in [0.29, 0.717) is 13.1 Å². The summed E-state index contributed by atoms with van der Waals surface area (Å²) in [7, 11) is 0. The number of amides is 1. The molecule has 0 aromatic carbocycles. The number of nitrogens with one attached hydrogen (secondary N) is 1. The van der Waals surface area contributed by atoms with E-state index in [1.165, 1.54) is 6.42 Å². The van der Waals surface area contributed by atoms with Crippen LogP contribution in [0.15, 0.2) is 18.5 Å². The summed E-state index contributed by atoms with van der Waals surface area (Å²) in [4.78, 5) is 24.1. The van der Waals surface area contributed by atoms with Gasteiger partial charge in [-0.25, -0.2) is 9.97 Å². The van der Waals surface area contributed by atoms with E-state index in [4.69, 9.17) is 4.98 Å². The summed E-state index contributed by atoms with van der Waals surface area (Å²) in [5, 5.41) is 7.83. The van der Waals surface area contributed by atoms with E-state index in [9.17, 15) is 4.79 Å². The molecule has 2 aromatic rings. The minimum atomic E-state index is -0.0984. The largest absolute Gasteiger partial charge is 0.338 e. The maximum atomic E-state index is 12.8. The molecule has 26 heavy (non-hydrogen) atoms. The molecule has 138 valence electrons. The van der Waals surface area contributed by atoms with Crippen LogP contribution in [-0.2, 0) is 24.3 Å². The fourth-order valence-corrected chi connectivity index (χ4v) is 3.83. The quantitative estimate of drug-likeness (QED) is 0.903. The van der Waals surface area contributed by atoms with Gasteiger partial charge in [0.1, 0.15) is 5.82 Å². The molecular weight excluding hydrogens is 328 g/mol. The monoisotopic (exact) mass is 354 g/mol.